The van der Waals surface area contributed by atoms with Gasteiger partial charge in [0.05, 0.1) is 16.9 Å². The van der Waals surface area contributed by atoms with Gasteiger partial charge < -0.3 is 25.1 Å². The van der Waals surface area contributed by atoms with Gasteiger partial charge in [-0.25, -0.2) is 0 Å². The molecule has 2 aromatic carbocycles. The molecular weight excluding hydrogens is 520 g/mol. The van der Waals surface area contributed by atoms with Crippen LogP contribution in [0.5, 0.6) is 17.2 Å². The minimum atomic E-state index is -0.265. The van der Waals surface area contributed by atoms with Crippen LogP contribution in [0.15, 0.2) is 28.7 Å². The Morgan fingerprint density at radius 3 is 2.11 bits per heavy atom. The lowest BCUT2D eigenvalue weighted by Crippen LogP contribution is -2.32. The van der Waals surface area contributed by atoms with E-state index in [1.54, 1.807) is 29.0 Å². The molecule has 0 saturated carbocycles. The van der Waals surface area contributed by atoms with Crippen LogP contribution in [-0.2, 0) is 0 Å². The third kappa shape index (κ3) is 6.28. The predicted molar refractivity (Wildman–Crippen MR) is 151 cm³/mol. The number of rotatable bonds is 11. The number of nitrogens with zero attached hydrogens (tertiary/aromatic N) is 2. The Hall–Kier alpha value is -2.41. The smallest absolute Gasteiger partial charge is 0.260 e. The number of phenolic OH excluding ortho intramolecular Hbond substituents is 3. The van der Waals surface area contributed by atoms with Crippen LogP contribution in [0.2, 0.25) is 0 Å². The molecule has 0 aliphatic carbocycles. The third-order valence-electron chi connectivity index (χ3n) is 7.34. The van der Waals surface area contributed by atoms with Gasteiger partial charge in [-0.2, -0.15) is 0 Å². The van der Waals surface area contributed by atoms with E-state index in [0.717, 1.165) is 24.7 Å². The first-order chi connectivity index (χ1) is 17.0. The van der Waals surface area contributed by atoms with Gasteiger partial charge in [0.2, 0.25) is 0 Å². The number of hydrogen-bond acceptors (Lipinski definition) is 5. The Balaban J connectivity index is 1.75. The summed E-state index contributed by atoms with van der Waals surface area (Å²) in [5.41, 5.74) is 1.46. The van der Waals surface area contributed by atoms with Crippen molar-refractivity contribution in [3.05, 3.63) is 34.3 Å². The maximum atomic E-state index is 13.7. The minimum absolute atomic E-state index is 0.0457. The number of benzene rings is 2. The van der Waals surface area contributed by atoms with Gasteiger partial charge in [-0.1, -0.05) is 72.3 Å². The lowest BCUT2D eigenvalue weighted by atomic mass is 9.92. The SMILES string of the molecule is CC(C)CCCC(C)CCCC(C)CCN1C(=O)c2cccc(O)c2N(C)c2c1cc(O)c(Br)c2O. The molecule has 198 valence electrons. The Labute approximate surface area is 224 Å². The second-order valence-corrected chi connectivity index (χ2v) is 11.7. The topological polar surface area (TPSA) is 84.2 Å². The first-order valence-electron chi connectivity index (χ1n) is 13.1. The lowest BCUT2D eigenvalue weighted by molar-refractivity contribution is 0.0986. The third-order valence-corrected chi connectivity index (χ3v) is 8.12. The molecule has 0 aromatic heterocycles. The summed E-state index contributed by atoms with van der Waals surface area (Å²) in [6, 6.07) is 6.35. The van der Waals surface area contributed by atoms with Crippen LogP contribution >= 0.6 is 15.9 Å². The van der Waals surface area contributed by atoms with Crippen molar-refractivity contribution in [1.29, 1.82) is 0 Å². The van der Waals surface area contributed by atoms with Gasteiger partial charge in [0.15, 0.2) is 5.75 Å². The molecule has 0 saturated heterocycles. The molecule has 1 aliphatic rings. The van der Waals surface area contributed by atoms with Crippen molar-refractivity contribution in [3.8, 4) is 17.2 Å². The Bertz CT molecular complexity index is 1070. The molecule has 1 amide bonds. The van der Waals surface area contributed by atoms with E-state index < -0.39 is 0 Å². The average Bonchev–Trinajstić information content (AvgIpc) is 2.89. The molecule has 0 radical (unpaired) electrons. The highest BCUT2D eigenvalue weighted by Gasteiger charge is 2.34. The summed E-state index contributed by atoms with van der Waals surface area (Å²) in [5.74, 6) is 1.29. The van der Waals surface area contributed by atoms with Crippen molar-refractivity contribution >= 4 is 38.9 Å². The van der Waals surface area contributed by atoms with E-state index in [9.17, 15) is 20.1 Å². The van der Waals surface area contributed by atoms with Gasteiger partial charge in [-0.15, -0.1) is 0 Å². The Kier molecular flexibility index (Phi) is 9.56. The van der Waals surface area contributed by atoms with E-state index in [0.29, 0.717) is 35.1 Å². The molecule has 36 heavy (non-hydrogen) atoms. The maximum absolute atomic E-state index is 13.7. The van der Waals surface area contributed by atoms with Gasteiger partial charge in [-0.3, -0.25) is 4.79 Å². The molecule has 2 unspecified atom stereocenters. The van der Waals surface area contributed by atoms with Crippen LogP contribution in [0.4, 0.5) is 17.1 Å². The minimum Gasteiger partial charge on any atom is -0.507 e. The van der Waals surface area contributed by atoms with E-state index in [1.807, 2.05) is 0 Å². The number of amides is 1. The zero-order chi connectivity index (χ0) is 26.6. The van der Waals surface area contributed by atoms with Crippen LogP contribution in [-0.4, -0.2) is 34.8 Å². The second-order valence-electron chi connectivity index (χ2n) is 10.9. The van der Waals surface area contributed by atoms with Gasteiger partial charge in [-0.05, 0) is 52.2 Å². The van der Waals surface area contributed by atoms with Gasteiger partial charge >= 0.3 is 0 Å². The van der Waals surface area contributed by atoms with Crippen LogP contribution in [0.25, 0.3) is 0 Å². The average molecular weight is 562 g/mol. The molecule has 0 bridgehead atoms. The Morgan fingerprint density at radius 2 is 1.47 bits per heavy atom. The summed E-state index contributed by atoms with van der Waals surface area (Å²) in [5, 5.41) is 31.9. The van der Waals surface area contributed by atoms with Crippen molar-refractivity contribution in [3.63, 3.8) is 0 Å². The largest absolute Gasteiger partial charge is 0.507 e. The summed E-state index contributed by atoms with van der Waals surface area (Å²) >= 11 is 3.24. The molecule has 3 N–H and O–H groups in total. The molecule has 3 rings (SSSR count). The number of carbonyl (C=O) groups excluding carboxylic acids is 1. The quantitative estimate of drug-likeness (QED) is 0.259. The highest BCUT2D eigenvalue weighted by Crippen LogP contribution is 2.52. The van der Waals surface area contributed by atoms with Gasteiger partial charge in [0.25, 0.3) is 5.91 Å². The monoisotopic (exact) mass is 560 g/mol. The molecule has 7 heteroatoms. The zero-order valence-corrected chi connectivity index (χ0v) is 23.8. The number of fused-ring (bicyclic) bond motifs is 2. The number of para-hydroxylation sites is 1. The highest BCUT2D eigenvalue weighted by molar-refractivity contribution is 9.10. The second kappa shape index (κ2) is 12.2. The van der Waals surface area contributed by atoms with Crippen LogP contribution in [0.3, 0.4) is 0 Å². The fraction of sp³-hybridized carbons (Fsp3) is 0.552. The zero-order valence-electron chi connectivity index (χ0n) is 22.2. The fourth-order valence-electron chi connectivity index (χ4n) is 5.12. The highest BCUT2D eigenvalue weighted by atomic mass is 79.9. The van der Waals surface area contributed by atoms with E-state index in [1.165, 1.54) is 44.2 Å². The molecule has 2 atom stereocenters. The first kappa shape index (κ1) is 28.2. The van der Waals surface area contributed by atoms with E-state index in [4.69, 9.17) is 0 Å². The number of aromatic hydroxyl groups is 3. The van der Waals surface area contributed by atoms with Crippen LogP contribution in [0, 0.1) is 17.8 Å². The lowest BCUT2D eigenvalue weighted by Gasteiger charge is -2.27. The summed E-state index contributed by atoms with van der Waals surface area (Å²) in [6.45, 7) is 9.56. The molecular formula is C29H41BrN2O4. The van der Waals surface area contributed by atoms with Crippen LogP contribution in [0.1, 0.15) is 83.0 Å². The fourth-order valence-corrected chi connectivity index (χ4v) is 5.42. The van der Waals surface area contributed by atoms with Crippen molar-refractivity contribution in [2.24, 2.45) is 17.8 Å². The Morgan fingerprint density at radius 1 is 0.861 bits per heavy atom. The van der Waals surface area contributed by atoms with E-state index in [-0.39, 0.29) is 27.6 Å². The molecule has 1 aliphatic heterocycles. The maximum Gasteiger partial charge on any atom is 0.260 e. The number of halogens is 1. The van der Waals surface area contributed by atoms with Gasteiger partial charge in [0.1, 0.15) is 21.7 Å². The van der Waals surface area contributed by atoms with Crippen molar-refractivity contribution in [1.82, 2.24) is 0 Å². The number of carbonyl (C=O) groups is 1. The molecule has 1 heterocycles. The summed E-state index contributed by atoms with van der Waals surface area (Å²) in [4.78, 5) is 16.9. The number of hydrogen-bond donors (Lipinski definition) is 3. The molecule has 0 spiro atoms. The molecule has 0 fully saturated rings. The molecule has 6 nitrogen and oxygen atoms in total. The van der Waals surface area contributed by atoms with E-state index in [2.05, 4.69) is 43.6 Å². The first-order valence-corrected chi connectivity index (χ1v) is 13.9. The summed E-state index contributed by atoms with van der Waals surface area (Å²) in [6.07, 6.45) is 8.16. The molecule has 2 aromatic rings. The summed E-state index contributed by atoms with van der Waals surface area (Å²) in [7, 11) is 1.70. The number of anilines is 3. The van der Waals surface area contributed by atoms with Crippen molar-refractivity contribution in [2.45, 2.75) is 72.6 Å². The van der Waals surface area contributed by atoms with Crippen molar-refractivity contribution < 1.29 is 20.1 Å². The van der Waals surface area contributed by atoms with E-state index >= 15 is 0 Å². The normalized spacial score (nSPS) is 15.0. The summed E-state index contributed by atoms with van der Waals surface area (Å²) < 4.78 is 0.148. The van der Waals surface area contributed by atoms with Crippen LogP contribution < -0.4 is 9.80 Å². The number of phenols is 3. The predicted octanol–water partition coefficient (Wildman–Crippen LogP) is 7.95. The van der Waals surface area contributed by atoms with Crippen molar-refractivity contribution in [2.75, 3.05) is 23.4 Å². The van der Waals surface area contributed by atoms with Gasteiger partial charge in [0, 0.05) is 19.7 Å². The standard InChI is InChI=1S/C29H41BrN2O4/c1-18(2)9-6-10-19(3)11-7-12-20(4)15-16-32-22-17-24(34)25(30)28(35)27(22)31(5)26-21(29(32)36)13-8-14-23(26)33/h8,13-14,17-20,33-35H,6-7,9-12,15-16H2,1-5H3.